The van der Waals surface area contributed by atoms with E-state index >= 15 is 0 Å². The lowest BCUT2D eigenvalue weighted by atomic mass is 10.2. The van der Waals surface area contributed by atoms with E-state index in [-0.39, 0.29) is 11.6 Å². The lowest BCUT2D eigenvalue weighted by Crippen LogP contribution is -2.00. The highest BCUT2D eigenvalue weighted by molar-refractivity contribution is 9.10. The third kappa shape index (κ3) is 3.50. The normalized spacial score (nSPS) is 10.5. The van der Waals surface area contributed by atoms with Gasteiger partial charge < -0.3 is 4.74 Å². The zero-order chi connectivity index (χ0) is 13.8. The third-order valence-corrected chi connectivity index (χ3v) is 4.25. The quantitative estimate of drug-likeness (QED) is 0.589. The van der Waals surface area contributed by atoms with E-state index in [4.69, 9.17) is 16.3 Å². The van der Waals surface area contributed by atoms with Crippen molar-refractivity contribution >= 4 is 43.5 Å². The van der Waals surface area contributed by atoms with E-state index in [2.05, 4.69) is 31.9 Å². The van der Waals surface area contributed by atoms with Gasteiger partial charge in [-0.05, 0) is 28.1 Å². The van der Waals surface area contributed by atoms with Gasteiger partial charge in [0.15, 0.2) is 0 Å². The summed E-state index contributed by atoms with van der Waals surface area (Å²) in [6, 6.07) is 10.5. The molecule has 2 aromatic carbocycles. The monoisotopic (exact) mass is 406 g/mol. The maximum atomic E-state index is 13.3. The maximum absolute atomic E-state index is 13.3. The SMILES string of the molecule is Fc1cccc(COc2c(Br)cccc2CBr)c1Cl. The van der Waals surface area contributed by atoms with Gasteiger partial charge in [0.05, 0.1) is 9.50 Å². The van der Waals surface area contributed by atoms with Crippen LogP contribution in [0.3, 0.4) is 0 Å². The van der Waals surface area contributed by atoms with Crippen LogP contribution < -0.4 is 4.74 Å². The second-order valence-electron chi connectivity index (χ2n) is 3.86. The molecule has 0 atom stereocenters. The van der Waals surface area contributed by atoms with Gasteiger partial charge in [0.25, 0.3) is 0 Å². The first-order valence-electron chi connectivity index (χ1n) is 5.52. The molecule has 0 fully saturated rings. The van der Waals surface area contributed by atoms with Crippen molar-refractivity contribution < 1.29 is 9.13 Å². The summed E-state index contributed by atoms with van der Waals surface area (Å²) in [5.41, 5.74) is 1.64. The molecule has 0 spiro atoms. The molecule has 19 heavy (non-hydrogen) atoms. The molecule has 0 aliphatic heterocycles. The lowest BCUT2D eigenvalue weighted by Gasteiger charge is -2.13. The first kappa shape index (κ1) is 14.8. The summed E-state index contributed by atoms with van der Waals surface area (Å²) in [5.74, 6) is 0.301. The summed E-state index contributed by atoms with van der Waals surface area (Å²) in [6.07, 6.45) is 0. The van der Waals surface area contributed by atoms with Crippen molar-refractivity contribution in [1.82, 2.24) is 0 Å². The van der Waals surface area contributed by atoms with Gasteiger partial charge in [0.1, 0.15) is 18.2 Å². The molecular formula is C14H10Br2ClFO. The molecule has 2 rings (SSSR count). The predicted octanol–water partition coefficient (Wildman–Crippen LogP) is 5.72. The van der Waals surface area contributed by atoms with Gasteiger partial charge in [-0.3, -0.25) is 0 Å². The van der Waals surface area contributed by atoms with Crippen LogP contribution in [-0.4, -0.2) is 0 Å². The first-order chi connectivity index (χ1) is 9.13. The molecule has 5 heteroatoms. The maximum Gasteiger partial charge on any atom is 0.142 e. The fourth-order valence-corrected chi connectivity index (χ4v) is 2.77. The van der Waals surface area contributed by atoms with Crippen molar-refractivity contribution in [2.75, 3.05) is 0 Å². The standard InChI is InChI=1S/C14H10Br2ClFO/c15-7-9-3-1-5-11(16)14(9)19-8-10-4-2-6-12(18)13(10)17/h1-6H,7-8H2. The van der Waals surface area contributed by atoms with Crippen molar-refractivity contribution in [1.29, 1.82) is 0 Å². The Bertz CT molecular complexity index is 590. The highest BCUT2D eigenvalue weighted by Crippen LogP contribution is 2.32. The van der Waals surface area contributed by atoms with Gasteiger partial charge in [0, 0.05) is 16.5 Å². The Labute approximate surface area is 133 Å². The van der Waals surface area contributed by atoms with Crippen LogP contribution in [0.5, 0.6) is 5.75 Å². The Balaban J connectivity index is 2.21. The van der Waals surface area contributed by atoms with Gasteiger partial charge in [0.2, 0.25) is 0 Å². The van der Waals surface area contributed by atoms with Crippen LogP contribution in [0.25, 0.3) is 0 Å². The van der Waals surface area contributed by atoms with Crippen LogP contribution >= 0.6 is 43.5 Å². The van der Waals surface area contributed by atoms with E-state index in [9.17, 15) is 4.39 Å². The molecule has 0 aliphatic carbocycles. The Kier molecular flexibility index (Phi) is 5.25. The zero-order valence-electron chi connectivity index (χ0n) is 9.80. The van der Waals surface area contributed by atoms with E-state index < -0.39 is 5.82 Å². The summed E-state index contributed by atoms with van der Waals surface area (Å²) < 4.78 is 19.9. The predicted molar refractivity (Wildman–Crippen MR) is 82.5 cm³/mol. The summed E-state index contributed by atoms with van der Waals surface area (Å²) in [7, 11) is 0. The van der Waals surface area contributed by atoms with E-state index in [1.165, 1.54) is 6.07 Å². The van der Waals surface area contributed by atoms with Gasteiger partial charge >= 0.3 is 0 Å². The van der Waals surface area contributed by atoms with Gasteiger partial charge in [-0.15, -0.1) is 0 Å². The molecule has 0 radical (unpaired) electrons. The van der Waals surface area contributed by atoms with Gasteiger partial charge in [-0.1, -0.05) is 51.8 Å². The fraction of sp³-hybridized carbons (Fsp3) is 0.143. The molecule has 1 nitrogen and oxygen atoms in total. The minimum atomic E-state index is -0.435. The minimum Gasteiger partial charge on any atom is -0.487 e. The van der Waals surface area contributed by atoms with E-state index in [0.29, 0.717) is 10.9 Å². The molecule has 2 aromatic rings. The number of alkyl halides is 1. The van der Waals surface area contributed by atoms with Crippen LogP contribution in [0.2, 0.25) is 5.02 Å². The smallest absolute Gasteiger partial charge is 0.142 e. The molecule has 0 saturated heterocycles. The molecule has 0 amide bonds. The van der Waals surface area contributed by atoms with Crippen molar-refractivity contribution in [3.05, 3.63) is 62.8 Å². The van der Waals surface area contributed by atoms with Crippen molar-refractivity contribution in [2.45, 2.75) is 11.9 Å². The van der Waals surface area contributed by atoms with Crippen molar-refractivity contribution in [3.8, 4) is 5.75 Å². The molecule has 0 N–H and O–H groups in total. The van der Waals surface area contributed by atoms with Crippen LogP contribution in [0, 0.1) is 5.82 Å². The van der Waals surface area contributed by atoms with Crippen molar-refractivity contribution in [3.63, 3.8) is 0 Å². The molecule has 0 heterocycles. The molecule has 0 bridgehead atoms. The molecule has 100 valence electrons. The molecule has 0 saturated carbocycles. The summed E-state index contributed by atoms with van der Waals surface area (Å²) in [5, 5.41) is 0.786. The largest absolute Gasteiger partial charge is 0.487 e. The lowest BCUT2D eigenvalue weighted by molar-refractivity contribution is 0.301. The highest BCUT2D eigenvalue weighted by atomic mass is 79.9. The van der Waals surface area contributed by atoms with E-state index in [1.807, 2.05) is 18.2 Å². The summed E-state index contributed by atoms with van der Waals surface area (Å²) in [6.45, 7) is 0.221. The van der Waals surface area contributed by atoms with Crippen LogP contribution in [0.4, 0.5) is 4.39 Å². The molecule has 0 aromatic heterocycles. The van der Waals surface area contributed by atoms with E-state index in [1.54, 1.807) is 12.1 Å². The van der Waals surface area contributed by atoms with E-state index in [0.717, 1.165) is 15.8 Å². The topological polar surface area (TPSA) is 9.23 Å². The second kappa shape index (κ2) is 6.73. The van der Waals surface area contributed by atoms with Gasteiger partial charge in [-0.25, -0.2) is 4.39 Å². The first-order valence-corrected chi connectivity index (χ1v) is 7.81. The van der Waals surface area contributed by atoms with Gasteiger partial charge in [-0.2, -0.15) is 0 Å². The number of para-hydroxylation sites is 1. The second-order valence-corrected chi connectivity index (χ2v) is 5.66. The number of ether oxygens (including phenoxy) is 1. The third-order valence-electron chi connectivity index (χ3n) is 2.60. The molecular weight excluding hydrogens is 398 g/mol. The van der Waals surface area contributed by atoms with Crippen LogP contribution in [-0.2, 0) is 11.9 Å². The highest BCUT2D eigenvalue weighted by Gasteiger charge is 2.10. The minimum absolute atomic E-state index is 0.106. The average molecular weight is 408 g/mol. The Morgan fingerprint density at radius 1 is 1.11 bits per heavy atom. The summed E-state index contributed by atoms with van der Waals surface area (Å²) >= 11 is 12.7. The van der Waals surface area contributed by atoms with Crippen molar-refractivity contribution in [2.24, 2.45) is 0 Å². The zero-order valence-corrected chi connectivity index (χ0v) is 13.7. The fourth-order valence-electron chi connectivity index (χ4n) is 1.63. The number of hydrogen-bond donors (Lipinski definition) is 0. The summed E-state index contributed by atoms with van der Waals surface area (Å²) in [4.78, 5) is 0. The number of benzene rings is 2. The Morgan fingerprint density at radius 2 is 1.79 bits per heavy atom. The van der Waals surface area contributed by atoms with Crippen LogP contribution in [0.1, 0.15) is 11.1 Å². The molecule has 0 aliphatic rings. The van der Waals surface area contributed by atoms with Crippen LogP contribution in [0.15, 0.2) is 40.9 Å². The average Bonchev–Trinajstić information content (AvgIpc) is 2.41. The Hall–Kier alpha value is -0.580. The Morgan fingerprint density at radius 3 is 2.53 bits per heavy atom. The number of halogens is 4. The number of hydrogen-bond acceptors (Lipinski definition) is 1. The molecule has 0 unspecified atom stereocenters. The number of rotatable bonds is 4.